The van der Waals surface area contributed by atoms with E-state index in [4.69, 9.17) is 17.3 Å². The van der Waals surface area contributed by atoms with Crippen LogP contribution >= 0.6 is 23.4 Å². The van der Waals surface area contributed by atoms with Gasteiger partial charge < -0.3 is 11.1 Å². The molecule has 1 amide bonds. The molecule has 8 nitrogen and oxygen atoms in total. The van der Waals surface area contributed by atoms with Gasteiger partial charge in [-0.25, -0.2) is 18.8 Å². The van der Waals surface area contributed by atoms with Crippen LogP contribution in [0.25, 0.3) is 0 Å². The van der Waals surface area contributed by atoms with Gasteiger partial charge >= 0.3 is 0 Å². The summed E-state index contributed by atoms with van der Waals surface area (Å²) in [4.78, 5) is 20.9. The van der Waals surface area contributed by atoms with E-state index in [1.165, 1.54) is 48.4 Å². The molecule has 33 heavy (non-hydrogen) atoms. The number of aromatic amines is 1. The van der Waals surface area contributed by atoms with Gasteiger partial charge in [-0.1, -0.05) is 30.3 Å². The first-order valence-electron chi connectivity index (χ1n) is 9.89. The molecule has 0 bridgehead atoms. The number of hydrogen-bond acceptors (Lipinski definition) is 7. The van der Waals surface area contributed by atoms with Crippen LogP contribution in [0, 0.1) is 11.7 Å². The van der Waals surface area contributed by atoms with E-state index in [0.29, 0.717) is 10.7 Å². The van der Waals surface area contributed by atoms with Gasteiger partial charge in [0.05, 0.1) is 21.7 Å². The SMILES string of the molecule is C[C@H]1[C@@](CF)(c2cc(NC(=O)c3ccc(Cl)cn3)ccc2F)N=C(N)S[C@]1(C)c1cn[nH]n1. The van der Waals surface area contributed by atoms with Crippen LogP contribution in [0.5, 0.6) is 0 Å². The molecule has 1 aliphatic rings. The van der Waals surface area contributed by atoms with Crippen LogP contribution in [0.3, 0.4) is 0 Å². The van der Waals surface area contributed by atoms with E-state index in [9.17, 15) is 9.18 Å². The number of hydrogen-bond donors (Lipinski definition) is 3. The van der Waals surface area contributed by atoms with Crippen LogP contribution in [0.1, 0.15) is 35.6 Å². The van der Waals surface area contributed by atoms with Crippen LogP contribution < -0.4 is 11.1 Å². The number of halogens is 3. The number of pyridine rings is 1. The number of H-pyrrole nitrogens is 1. The fourth-order valence-corrected chi connectivity index (χ4v) is 5.27. The molecule has 0 saturated heterocycles. The Morgan fingerprint density at radius 3 is 2.76 bits per heavy atom. The fourth-order valence-electron chi connectivity index (χ4n) is 3.94. The number of aromatic nitrogens is 4. The minimum absolute atomic E-state index is 0.0302. The Morgan fingerprint density at radius 2 is 2.12 bits per heavy atom. The molecule has 3 aromatic rings. The molecular weight excluding hydrogens is 472 g/mol. The van der Waals surface area contributed by atoms with E-state index < -0.39 is 34.6 Å². The number of carbonyl (C=O) groups is 1. The lowest BCUT2D eigenvalue weighted by Gasteiger charge is -2.46. The summed E-state index contributed by atoms with van der Waals surface area (Å²) in [6.07, 6.45) is 2.87. The van der Waals surface area contributed by atoms with Gasteiger partial charge in [-0.3, -0.25) is 4.79 Å². The Balaban J connectivity index is 1.75. The number of rotatable bonds is 5. The van der Waals surface area contributed by atoms with Crippen molar-refractivity contribution in [3.63, 3.8) is 0 Å². The van der Waals surface area contributed by atoms with Crippen molar-refractivity contribution < 1.29 is 13.6 Å². The number of nitrogens with two attached hydrogens (primary N) is 1. The fraction of sp³-hybridized carbons (Fsp3) is 0.286. The van der Waals surface area contributed by atoms with E-state index in [1.54, 1.807) is 6.92 Å². The van der Waals surface area contributed by atoms with Gasteiger partial charge in [0.1, 0.15) is 23.7 Å². The van der Waals surface area contributed by atoms with E-state index in [2.05, 4.69) is 30.7 Å². The molecule has 12 heteroatoms. The molecular formula is C21H20ClF2N7OS. The minimum Gasteiger partial charge on any atom is -0.378 e. The summed E-state index contributed by atoms with van der Waals surface area (Å²) in [5.41, 5.74) is 5.33. The number of aliphatic imine (C=N–C) groups is 1. The van der Waals surface area contributed by atoms with Gasteiger partial charge in [-0.2, -0.15) is 15.4 Å². The predicted molar refractivity (Wildman–Crippen MR) is 123 cm³/mol. The van der Waals surface area contributed by atoms with E-state index in [-0.39, 0.29) is 22.1 Å². The summed E-state index contributed by atoms with van der Waals surface area (Å²) in [5.74, 6) is -1.79. The molecule has 0 fully saturated rings. The lowest BCUT2D eigenvalue weighted by atomic mass is 9.72. The minimum atomic E-state index is -1.65. The Labute approximate surface area is 197 Å². The second kappa shape index (κ2) is 8.71. The number of anilines is 1. The molecule has 3 heterocycles. The quantitative estimate of drug-likeness (QED) is 0.495. The summed E-state index contributed by atoms with van der Waals surface area (Å²) in [7, 11) is 0. The van der Waals surface area contributed by atoms with E-state index >= 15 is 4.39 Å². The summed E-state index contributed by atoms with van der Waals surface area (Å²) in [6.45, 7) is 2.58. The topological polar surface area (TPSA) is 122 Å². The third-order valence-electron chi connectivity index (χ3n) is 5.95. The van der Waals surface area contributed by atoms with Crippen LogP contribution in [-0.4, -0.2) is 38.1 Å². The average molecular weight is 492 g/mol. The Morgan fingerprint density at radius 1 is 1.33 bits per heavy atom. The lowest BCUT2D eigenvalue weighted by Crippen LogP contribution is -2.50. The first-order valence-corrected chi connectivity index (χ1v) is 11.1. The van der Waals surface area contributed by atoms with Crippen molar-refractivity contribution in [3.05, 3.63) is 70.5 Å². The highest BCUT2D eigenvalue weighted by molar-refractivity contribution is 8.14. The maximum atomic E-state index is 15.1. The number of carbonyl (C=O) groups excluding carboxylic acids is 1. The Bertz CT molecular complexity index is 1210. The maximum Gasteiger partial charge on any atom is 0.274 e. The first-order chi connectivity index (χ1) is 15.7. The summed E-state index contributed by atoms with van der Waals surface area (Å²) in [6, 6.07) is 6.90. The number of alkyl halides is 1. The number of thioether (sulfide) groups is 1. The van der Waals surface area contributed by atoms with E-state index in [1.807, 2.05) is 6.92 Å². The number of nitrogens with one attached hydrogen (secondary N) is 2. The number of nitrogens with zero attached hydrogens (tertiary/aromatic N) is 4. The molecule has 4 N–H and O–H groups in total. The normalized spacial score (nSPS) is 24.9. The molecule has 172 valence electrons. The summed E-state index contributed by atoms with van der Waals surface area (Å²) < 4.78 is 29.1. The van der Waals surface area contributed by atoms with Crippen LogP contribution in [0.15, 0.2) is 47.7 Å². The van der Waals surface area contributed by atoms with Crippen molar-refractivity contribution in [2.75, 3.05) is 12.0 Å². The van der Waals surface area contributed by atoms with Gasteiger partial charge in [-0.05, 0) is 37.3 Å². The highest BCUT2D eigenvalue weighted by atomic mass is 35.5. The predicted octanol–water partition coefficient (Wildman–Crippen LogP) is 4.02. The number of amides is 1. The molecule has 0 radical (unpaired) electrons. The highest BCUT2D eigenvalue weighted by Crippen LogP contribution is 2.55. The molecule has 2 aromatic heterocycles. The zero-order chi connectivity index (χ0) is 23.8. The van der Waals surface area contributed by atoms with Crippen molar-refractivity contribution in [1.82, 2.24) is 20.4 Å². The average Bonchev–Trinajstić information content (AvgIpc) is 3.34. The monoisotopic (exact) mass is 491 g/mol. The molecule has 4 rings (SSSR count). The smallest absolute Gasteiger partial charge is 0.274 e. The number of amidine groups is 1. The largest absolute Gasteiger partial charge is 0.378 e. The third kappa shape index (κ3) is 4.06. The van der Waals surface area contributed by atoms with Crippen molar-refractivity contribution in [1.29, 1.82) is 0 Å². The second-order valence-corrected chi connectivity index (χ2v) is 9.71. The third-order valence-corrected chi connectivity index (χ3v) is 7.46. The summed E-state index contributed by atoms with van der Waals surface area (Å²) >= 11 is 7.02. The van der Waals surface area contributed by atoms with Crippen LogP contribution in [0.2, 0.25) is 5.02 Å². The molecule has 1 aromatic carbocycles. The highest BCUT2D eigenvalue weighted by Gasteiger charge is 2.54. The maximum absolute atomic E-state index is 15.1. The number of benzene rings is 1. The molecule has 0 aliphatic carbocycles. The van der Waals surface area contributed by atoms with Crippen molar-refractivity contribution in [3.8, 4) is 0 Å². The van der Waals surface area contributed by atoms with Gasteiger partial charge in [0.15, 0.2) is 5.17 Å². The van der Waals surface area contributed by atoms with Gasteiger partial charge in [0.2, 0.25) is 0 Å². The zero-order valence-corrected chi connectivity index (χ0v) is 19.2. The van der Waals surface area contributed by atoms with Crippen LogP contribution in [0.4, 0.5) is 14.5 Å². The van der Waals surface area contributed by atoms with E-state index in [0.717, 1.165) is 6.07 Å². The molecule has 0 saturated carbocycles. The molecule has 0 spiro atoms. The van der Waals surface area contributed by atoms with Crippen molar-refractivity contribution in [2.45, 2.75) is 24.1 Å². The standard InChI is InChI=1S/C21H20ClF2N7OS/c1-11-20(2,17-9-27-31-30-17)33-19(25)29-21(11,10-23)14-7-13(4-5-15(14)24)28-18(32)16-6-3-12(22)8-26-16/h3-9,11H,10H2,1-2H3,(H2,25,29)(H,28,32)(H,27,30,31)/t11-,20+,21+/m1/s1. The van der Waals surface area contributed by atoms with Gasteiger partial charge in [0, 0.05) is 23.4 Å². The van der Waals surface area contributed by atoms with Gasteiger partial charge in [0.25, 0.3) is 5.91 Å². The van der Waals surface area contributed by atoms with Crippen molar-refractivity contribution in [2.24, 2.45) is 16.6 Å². The Kier molecular flexibility index (Phi) is 6.10. The summed E-state index contributed by atoms with van der Waals surface area (Å²) in [5, 5.41) is 13.7. The Hall–Kier alpha value is -3.05. The van der Waals surface area contributed by atoms with Gasteiger partial charge in [-0.15, -0.1) is 0 Å². The van der Waals surface area contributed by atoms with Crippen LogP contribution in [-0.2, 0) is 10.3 Å². The molecule has 3 atom stereocenters. The second-order valence-electron chi connectivity index (χ2n) is 7.80. The zero-order valence-electron chi connectivity index (χ0n) is 17.6. The lowest BCUT2D eigenvalue weighted by molar-refractivity contribution is 0.102. The first kappa shape index (κ1) is 23.1. The molecule has 0 unspecified atom stereocenters. The van der Waals surface area contributed by atoms with Crippen molar-refractivity contribution >= 4 is 40.1 Å². The molecule has 1 aliphatic heterocycles.